The first-order valence-corrected chi connectivity index (χ1v) is 13.2. The molecule has 2 fully saturated rings. The highest BCUT2D eigenvalue weighted by Crippen LogP contribution is 2.34. The van der Waals surface area contributed by atoms with Gasteiger partial charge in [-0.25, -0.2) is 12.8 Å². The van der Waals surface area contributed by atoms with E-state index in [2.05, 4.69) is 15.2 Å². The molecule has 0 spiro atoms. The molecule has 2 aromatic rings. The molecular weight excluding hydrogens is 451 g/mol. The number of carbonyl (C=O) groups is 1. The highest BCUT2D eigenvalue weighted by Gasteiger charge is 2.42. The van der Waals surface area contributed by atoms with Crippen molar-refractivity contribution in [2.24, 2.45) is 4.99 Å². The first-order valence-electron chi connectivity index (χ1n) is 10.5. The average Bonchev–Trinajstić information content (AvgIpc) is 3.26. The smallest absolute Gasteiger partial charge is 0.254 e. The van der Waals surface area contributed by atoms with Gasteiger partial charge in [-0.1, -0.05) is 17.8 Å². The third kappa shape index (κ3) is 4.47. The number of hydrogen-bond acceptors (Lipinski definition) is 7. The summed E-state index contributed by atoms with van der Waals surface area (Å²) < 4.78 is 36.6. The lowest BCUT2D eigenvalue weighted by Gasteiger charge is -2.36. The summed E-state index contributed by atoms with van der Waals surface area (Å²) in [5, 5.41) is 3.91. The predicted molar refractivity (Wildman–Crippen MR) is 126 cm³/mol. The fourth-order valence-corrected chi connectivity index (χ4v) is 7.95. The van der Waals surface area contributed by atoms with Crippen LogP contribution in [0, 0.1) is 5.82 Å². The quantitative estimate of drug-likeness (QED) is 0.736. The molecule has 0 bridgehead atoms. The molecule has 0 aromatic heterocycles. The lowest BCUT2D eigenvalue weighted by atomic mass is 10.1. The summed E-state index contributed by atoms with van der Waals surface area (Å²) in [4.78, 5) is 21.5. The Labute approximate surface area is 190 Å². The summed E-state index contributed by atoms with van der Waals surface area (Å²) in [5.74, 6) is -0.0137. The molecular formula is C22H23FN4O3S2. The number of amidine groups is 1. The van der Waals surface area contributed by atoms with Gasteiger partial charge in [0.05, 0.1) is 17.5 Å². The number of rotatable bonds is 3. The predicted octanol–water partition coefficient (Wildman–Crippen LogP) is 2.47. The summed E-state index contributed by atoms with van der Waals surface area (Å²) in [6.07, 6.45) is 0. The minimum absolute atomic E-state index is 0.0234. The van der Waals surface area contributed by atoms with Crippen molar-refractivity contribution < 1.29 is 17.6 Å². The van der Waals surface area contributed by atoms with Gasteiger partial charge in [0, 0.05) is 48.4 Å². The molecule has 1 amide bonds. The van der Waals surface area contributed by atoms with Gasteiger partial charge in [0.25, 0.3) is 5.91 Å². The first kappa shape index (κ1) is 21.3. The van der Waals surface area contributed by atoms with Crippen LogP contribution in [0.3, 0.4) is 0 Å². The maximum Gasteiger partial charge on any atom is 0.254 e. The number of sulfone groups is 1. The summed E-state index contributed by atoms with van der Waals surface area (Å²) >= 11 is 1.46. The lowest BCUT2D eigenvalue weighted by molar-refractivity contribution is 0.0747. The molecule has 2 aromatic carbocycles. The summed E-state index contributed by atoms with van der Waals surface area (Å²) in [7, 11) is -2.98. The monoisotopic (exact) mass is 474 g/mol. The fourth-order valence-electron chi connectivity index (χ4n) is 4.27. The Bertz CT molecular complexity index is 1160. The number of thioether (sulfide) groups is 1. The number of benzene rings is 2. The van der Waals surface area contributed by atoms with Crippen LogP contribution in [0.15, 0.2) is 53.5 Å². The molecule has 168 valence electrons. The van der Waals surface area contributed by atoms with E-state index in [-0.39, 0.29) is 34.5 Å². The highest BCUT2D eigenvalue weighted by atomic mass is 32.2. The number of anilines is 2. The molecule has 3 aliphatic rings. The summed E-state index contributed by atoms with van der Waals surface area (Å²) in [6.45, 7) is 2.56. The van der Waals surface area contributed by atoms with Crippen LogP contribution in [0.1, 0.15) is 10.4 Å². The second-order valence-corrected chi connectivity index (χ2v) is 11.6. The van der Waals surface area contributed by atoms with Gasteiger partial charge >= 0.3 is 0 Å². The number of hydrogen-bond donors (Lipinski definition) is 1. The van der Waals surface area contributed by atoms with Gasteiger partial charge in [-0.3, -0.25) is 9.79 Å². The Balaban J connectivity index is 1.20. The van der Waals surface area contributed by atoms with Crippen molar-refractivity contribution in [3.8, 4) is 0 Å². The number of aliphatic imine (C=N–C) groups is 1. The van der Waals surface area contributed by atoms with Crippen molar-refractivity contribution in [3.05, 3.63) is 59.9 Å². The van der Waals surface area contributed by atoms with Gasteiger partial charge in [-0.15, -0.1) is 0 Å². The topological polar surface area (TPSA) is 82.1 Å². The number of nitrogens with one attached hydrogen (secondary N) is 1. The zero-order valence-electron chi connectivity index (χ0n) is 17.3. The number of halogens is 1. The Kier molecular flexibility index (Phi) is 5.58. The van der Waals surface area contributed by atoms with Crippen LogP contribution in [0.25, 0.3) is 0 Å². The Hall–Kier alpha value is -2.59. The fraction of sp³-hybridized carbons (Fsp3) is 0.364. The molecule has 0 aliphatic carbocycles. The third-order valence-corrected chi connectivity index (χ3v) is 9.08. The summed E-state index contributed by atoms with van der Waals surface area (Å²) in [5.41, 5.74) is 2.31. The SMILES string of the molecule is O=C(c1cccc(NC2=N[C@H]3CS(=O)(=O)C[C@@H]3S2)c1)N1CCN(c2ccc(F)cc2)CC1. The largest absolute Gasteiger partial charge is 0.368 e. The van der Waals surface area contributed by atoms with Crippen molar-refractivity contribution in [2.75, 3.05) is 47.9 Å². The van der Waals surface area contributed by atoms with Crippen molar-refractivity contribution in [1.82, 2.24) is 4.90 Å². The second-order valence-electron chi connectivity index (χ2n) is 8.20. The summed E-state index contributed by atoms with van der Waals surface area (Å²) in [6, 6.07) is 13.5. The van der Waals surface area contributed by atoms with E-state index in [0.29, 0.717) is 36.9 Å². The number of amides is 1. The molecule has 0 radical (unpaired) electrons. The standard InChI is InChI=1S/C22H23FN4O3S2/c23-16-4-6-18(7-5-16)26-8-10-27(11-9-26)21(28)15-2-1-3-17(12-15)24-22-25-19-13-32(29,30)14-20(19)31-22/h1-7,12,19-20H,8-11,13-14H2,(H,24,25)/t19-,20-/m0/s1. The van der Waals surface area contributed by atoms with E-state index in [1.54, 1.807) is 18.2 Å². The van der Waals surface area contributed by atoms with E-state index >= 15 is 0 Å². The zero-order chi connectivity index (χ0) is 22.3. The molecule has 2 atom stereocenters. The molecule has 3 heterocycles. The zero-order valence-corrected chi connectivity index (χ0v) is 18.9. The maximum atomic E-state index is 13.2. The molecule has 0 unspecified atom stereocenters. The number of carbonyl (C=O) groups excluding carboxylic acids is 1. The number of fused-ring (bicyclic) bond motifs is 1. The molecule has 5 rings (SSSR count). The van der Waals surface area contributed by atoms with E-state index in [0.717, 1.165) is 11.4 Å². The van der Waals surface area contributed by atoms with Crippen LogP contribution in [-0.4, -0.2) is 73.4 Å². The molecule has 2 saturated heterocycles. The minimum Gasteiger partial charge on any atom is -0.368 e. The van der Waals surface area contributed by atoms with Gasteiger partial charge < -0.3 is 15.1 Å². The minimum atomic E-state index is -2.98. The van der Waals surface area contributed by atoms with Crippen molar-refractivity contribution in [3.63, 3.8) is 0 Å². The van der Waals surface area contributed by atoms with Gasteiger partial charge in [0.1, 0.15) is 5.82 Å². The molecule has 10 heteroatoms. The van der Waals surface area contributed by atoms with Gasteiger partial charge in [-0.2, -0.15) is 0 Å². The van der Waals surface area contributed by atoms with Gasteiger partial charge in [-0.05, 0) is 42.5 Å². The van der Waals surface area contributed by atoms with E-state index in [4.69, 9.17) is 0 Å². The Morgan fingerprint density at radius 2 is 1.81 bits per heavy atom. The van der Waals surface area contributed by atoms with Crippen molar-refractivity contribution in [2.45, 2.75) is 11.3 Å². The van der Waals surface area contributed by atoms with Crippen LogP contribution >= 0.6 is 11.8 Å². The van der Waals surface area contributed by atoms with Gasteiger partial charge in [0.15, 0.2) is 15.0 Å². The van der Waals surface area contributed by atoms with Crippen LogP contribution in [-0.2, 0) is 9.84 Å². The molecule has 32 heavy (non-hydrogen) atoms. The van der Waals surface area contributed by atoms with Crippen LogP contribution < -0.4 is 10.2 Å². The maximum absolute atomic E-state index is 13.2. The Morgan fingerprint density at radius 3 is 2.53 bits per heavy atom. The molecule has 0 saturated carbocycles. The van der Waals surface area contributed by atoms with E-state index < -0.39 is 9.84 Å². The van der Waals surface area contributed by atoms with E-state index in [1.807, 2.05) is 23.1 Å². The molecule has 7 nitrogen and oxygen atoms in total. The molecule has 3 aliphatic heterocycles. The van der Waals surface area contributed by atoms with E-state index in [9.17, 15) is 17.6 Å². The van der Waals surface area contributed by atoms with Crippen LogP contribution in [0.5, 0.6) is 0 Å². The average molecular weight is 475 g/mol. The lowest BCUT2D eigenvalue weighted by Crippen LogP contribution is -2.48. The molecule has 1 N–H and O–H groups in total. The third-order valence-electron chi connectivity index (χ3n) is 5.94. The van der Waals surface area contributed by atoms with Crippen molar-refractivity contribution in [1.29, 1.82) is 0 Å². The van der Waals surface area contributed by atoms with E-state index in [1.165, 1.54) is 23.9 Å². The number of piperazine rings is 1. The second kappa shape index (κ2) is 8.40. The van der Waals surface area contributed by atoms with Crippen molar-refractivity contribution >= 4 is 44.0 Å². The first-order chi connectivity index (χ1) is 15.4. The normalized spacial score (nSPS) is 24.2. The van der Waals surface area contributed by atoms with Crippen LogP contribution in [0.4, 0.5) is 15.8 Å². The van der Waals surface area contributed by atoms with Gasteiger partial charge in [0.2, 0.25) is 0 Å². The van der Waals surface area contributed by atoms with Crippen LogP contribution in [0.2, 0.25) is 0 Å². The Morgan fingerprint density at radius 1 is 1.06 bits per heavy atom. The highest BCUT2D eigenvalue weighted by molar-refractivity contribution is 8.15. The number of nitrogens with zero attached hydrogens (tertiary/aromatic N) is 3.